The van der Waals surface area contributed by atoms with Crippen molar-refractivity contribution < 1.29 is 4.42 Å². The Bertz CT molecular complexity index is 3320. The van der Waals surface area contributed by atoms with Crippen LogP contribution in [0.15, 0.2) is 180 Å². The molecule has 9 aromatic rings. The van der Waals surface area contributed by atoms with Gasteiger partial charge in [0.05, 0.1) is 0 Å². The van der Waals surface area contributed by atoms with Crippen molar-refractivity contribution in [1.82, 2.24) is 0 Å². The fourth-order valence-corrected chi connectivity index (χ4v) is 14.3. The molecule has 0 N–H and O–H groups in total. The molecule has 6 aliphatic rings. The van der Waals surface area contributed by atoms with Crippen LogP contribution in [0, 0.1) is 23.7 Å². The van der Waals surface area contributed by atoms with Gasteiger partial charge in [0.2, 0.25) is 0 Å². The summed E-state index contributed by atoms with van der Waals surface area (Å²) < 4.78 is 6.35. The van der Waals surface area contributed by atoms with Crippen molar-refractivity contribution in [1.29, 1.82) is 0 Å². The Labute approximate surface area is 369 Å². The molecule has 0 saturated heterocycles. The summed E-state index contributed by atoms with van der Waals surface area (Å²) in [5, 5.41) is 2.32. The van der Waals surface area contributed by atoms with E-state index >= 15 is 0 Å². The summed E-state index contributed by atoms with van der Waals surface area (Å²) in [6.45, 7) is 4.79. The first kappa shape index (κ1) is 35.9. The highest BCUT2D eigenvalue weighted by Gasteiger charge is 2.61. The molecule has 0 unspecified atom stereocenters. The molecule has 0 radical (unpaired) electrons. The summed E-state index contributed by atoms with van der Waals surface area (Å²) in [7, 11) is 0. The molecule has 6 aliphatic carbocycles. The molecule has 4 fully saturated rings. The van der Waals surface area contributed by atoms with Gasteiger partial charge in [-0.15, -0.1) is 0 Å². The van der Waals surface area contributed by atoms with E-state index in [1.165, 1.54) is 110 Å². The Morgan fingerprint density at radius 2 is 0.937 bits per heavy atom. The third-order valence-electron chi connectivity index (χ3n) is 16.7. The Morgan fingerprint density at radius 3 is 1.67 bits per heavy atom. The Balaban J connectivity index is 0.935. The Hall–Kier alpha value is -6.64. The lowest BCUT2D eigenvalue weighted by Crippen LogP contribution is -2.55. The molecule has 15 rings (SSSR count). The van der Waals surface area contributed by atoms with Gasteiger partial charge in [0, 0.05) is 38.7 Å². The fraction of sp³-hybridized carbons (Fsp3) is 0.213. The van der Waals surface area contributed by atoms with E-state index in [1.807, 2.05) is 0 Å². The molecule has 2 nitrogen and oxygen atoms in total. The van der Waals surface area contributed by atoms with Crippen molar-refractivity contribution in [3.05, 3.63) is 198 Å². The highest BCUT2D eigenvalue weighted by molar-refractivity contribution is 6.13. The van der Waals surface area contributed by atoms with Gasteiger partial charge < -0.3 is 9.32 Å². The molecular formula is C61H49NO. The highest BCUT2D eigenvalue weighted by atomic mass is 16.3. The zero-order valence-corrected chi connectivity index (χ0v) is 35.9. The summed E-state index contributed by atoms with van der Waals surface area (Å²) in [5.41, 5.74) is 21.9. The SMILES string of the molecule is CC1(C)c2ccccc2-c2ccc(N(c3ccc(-c4ccccc4-c4cccc5oc6ccccc6c45)cc3)c3ccc4c(c3)C3(c5ccccc5-4)C4CC5CC(C4)CC3C5)cc21. The van der Waals surface area contributed by atoms with Gasteiger partial charge in [-0.25, -0.2) is 0 Å². The van der Waals surface area contributed by atoms with Crippen LogP contribution in [0.25, 0.3) is 66.4 Å². The molecule has 1 aromatic heterocycles. The van der Waals surface area contributed by atoms with Crippen LogP contribution in [0.3, 0.4) is 0 Å². The van der Waals surface area contributed by atoms with Crippen LogP contribution in [-0.4, -0.2) is 0 Å². The lowest BCUT2D eigenvalue weighted by molar-refractivity contribution is -0.0399. The number of nitrogens with zero attached hydrogens (tertiary/aromatic N) is 1. The van der Waals surface area contributed by atoms with Crippen LogP contribution in [0.2, 0.25) is 0 Å². The second-order valence-corrected chi connectivity index (χ2v) is 20.1. The monoisotopic (exact) mass is 811 g/mol. The number of benzene rings is 8. The largest absolute Gasteiger partial charge is 0.456 e. The number of anilines is 3. The zero-order valence-electron chi connectivity index (χ0n) is 35.9. The number of hydrogen-bond donors (Lipinski definition) is 0. The van der Waals surface area contributed by atoms with Crippen molar-refractivity contribution in [2.24, 2.45) is 23.7 Å². The summed E-state index contributed by atoms with van der Waals surface area (Å²) in [4.78, 5) is 2.56. The maximum Gasteiger partial charge on any atom is 0.136 e. The summed E-state index contributed by atoms with van der Waals surface area (Å²) in [5.74, 6) is 3.24. The van der Waals surface area contributed by atoms with Crippen molar-refractivity contribution >= 4 is 39.0 Å². The van der Waals surface area contributed by atoms with Crippen LogP contribution in [0.4, 0.5) is 17.1 Å². The molecular weight excluding hydrogens is 763 g/mol. The van der Waals surface area contributed by atoms with Gasteiger partial charge in [-0.05, 0) is 171 Å². The molecule has 1 spiro atoms. The van der Waals surface area contributed by atoms with Crippen molar-refractivity contribution in [2.45, 2.75) is 56.8 Å². The zero-order chi connectivity index (χ0) is 41.6. The minimum absolute atomic E-state index is 0.0966. The molecule has 2 heteroatoms. The van der Waals surface area contributed by atoms with Crippen LogP contribution >= 0.6 is 0 Å². The van der Waals surface area contributed by atoms with Gasteiger partial charge >= 0.3 is 0 Å². The first-order chi connectivity index (χ1) is 30.9. The lowest BCUT2D eigenvalue weighted by Gasteiger charge is -2.61. The second kappa shape index (κ2) is 13.0. The molecule has 1 heterocycles. The second-order valence-electron chi connectivity index (χ2n) is 20.1. The maximum absolute atomic E-state index is 6.35. The van der Waals surface area contributed by atoms with Crippen molar-refractivity contribution in [3.63, 3.8) is 0 Å². The number of hydrogen-bond acceptors (Lipinski definition) is 2. The van der Waals surface area contributed by atoms with E-state index in [0.717, 1.165) is 28.4 Å². The molecule has 4 saturated carbocycles. The maximum atomic E-state index is 6.35. The van der Waals surface area contributed by atoms with E-state index in [-0.39, 0.29) is 10.8 Å². The highest BCUT2D eigenvalue weighted by Crippen LogP contribution is 2.69. The van der Waals surface area contributed by atoms with Gasteiger partial charge in [0.15, 0.2) is 0 Å². The molecule has 0 aliphatic heterocycles. The predicted molar refractivity (Wildman–Crippen MR) is 260 cm³/mol. The van der Waals surface area contributed by atoms with Crippen LogP contribution < -0.4 is 4.90 Å². The van der Waals surface area contributed by atoms with Crippen LogP contribution in [0.5, 0.6) is 0 Å². The first-order valence-corrected chi connectivity index (χ1v) is 23.3. The number of furan rings is 1. The quantitative estimate of drug-likeness (QED) is 0.172. The van der Waals surface area contributed by atoms with Gasteiger partial charge in [0.1, 0.15) is 11.2 Å². The van der Waals surface area contributed by atoms with Crippen molar-refractivity contribution in [2.75, 3.05) is 4.90 Å². The molecule has 8 aromatic carbocycles. The molecule has 0 amide bonds. The van der Waals surface area contributed by atoms with Crippen molar-refractivity contribution in [3.8, 4) is 44.5 Å². The topological polar surface area (TPSA) is 16.4 Å². The summed E-state index contributed by atoms with van der Waals surface area (Å²) >= 11 is 0. The van der Waals surface area contributed by atoms with Gasteiger partial charge in [-0.1, -0.05) is 141 Å². The lowest BCUT2D eigenvalue weighted by atomic mass is 9.43. The smallest absolute Gasteiger partial charge is 0.136 e. The van der Waals surface area contributed by atoms with E-state index in [0.29, 0.717) is 11.8 Å². The minimum Gasteiger partial charge on any atom is -0.456 e. The Kier molecular flexibility index (Phi) is 7.38. The van der Waals surface area contributed by atoms with Gasteiger partial charge in [0.25, 0.3) is 0 Å². The van der Waals surface area contributed by atoms with Crippen LogP contribution in [-0.2, 0) is 10.8 Å². The van der Waals surface area contributed by atoms with Gasteiger partial charge in [-0.2, -0.15) is 0 Å². The van der Waals surface area contributed by atoms with E-state index in [9.17, 15) is 0 Å². The fourth-order valence-electron chi connectivity index (χ4n) is 14.3. The van der Waals surface area contributed by atoms with E-state index in [4.69, 9.17) is 4.42 Å². The molecule has 4 bridgehead atoms. The third kappa shape index (κ3) is 4.90. The van der Waals surface area contributed by atoms with E-state index < -0.39 is 0 Å². The van der Waals surface area contributed by atoms with Crippen LogP contribution in [0.1, 0.15) is 68.2 Å². The van der Waals surface area contributed by atoms with Gasteiger partial charge in [-0.3, -0.25) is 0 Å². The normalized spacial score (nSPS) is 23.0. The predicted octanol–water partition coefficient (Wildman–Crippen LogP) is 16.4. The molecule has 304 valence electrons. The number of rotatable bonds is 5. The Morgan fingerprint density at radius 1 is 0.413 bits per heavy atom. The average Bonchev–Trinajstić information content (AvgIpc) is 3.92. The number of fused-ring (bicyclic) bond motifs is 9. The first-order valence-electron chi connectivity index (χ1n) is 23.3. The summed E-state index contributed by atoms with van der Waals surface area (Å²) in [6.07, 6.45) is 6.97. The molecule has 0 atom stereocenters. The summed E-state index contributed by atoms with van der Waals surface area (Å²) in [6, 6.07) is 66.4. The standard InChI is InChI=1S/C61H49NO/c1-60(2)53-18-8-5-14-47(53)49-28-26-43(35-55(49)60)62(44-27-29-50-48-15-6-9-19-54(48)61(56(50)36-44)40-31-37-30-38(33-40)34-41(61)32-37)42-24-22-39(23-25-42)45-12-3-4-13-46(45)51-17-11-21-58-59(51)52-16-7-10-20-57(52)63-58/h3-29,35-38,40-41H,30-34H2,1-2H3. The van der Waals surface area contributed by atoms with E-state index in [2.05, 4.69) is 195 Å². The minimum atomic E-state index is -0.103. The molecule has 63 heavy (non-hydrogen) atoms. The average molecular weight is 812 g/mol. The third-order valence-corrected chi connectivity index (χ3v) is 16.7. The van der Waals surface area contributed by atoms with E-state index in [1.54, 1.807) is 11.1 Å². The number of para-hydroxylation sites is 1.